The maximum atomic E-state index is 9.99. The van der Waals surface area contributed by atoms with Crippen LogP contribution in [0.25, 0.3) is 0 Å². The van der Waals surface area contributed by atoms with Crippen LogP contribution in [-0.2, 0) is 9.59 Å². The van der Waals surface area contributed by atoms with E-state index in [1.54, 1.807) is 0 Å². The fraction of sp³-hybridized carbons (Fsp3) is 0. The molecule has 0 aliphatic heterocycles. The van der Waals surface area contributed by atoms with Gasteiger partial charge in [0, 0.05) is 0 Å². The smallest absolute Gasteiger partial charge is 0.264 e. The molecule has 0 aromatic rings. The lowest BCUT2D eigenvalue weighted by Gasteiger charge is -1.92. The van der Waals surface area contributed by atoms with E-state index in [1.807, 2.05) is 5.32 Å². The van der Waals surface area contributed by atoms with Crippen molar-refractivity contribution < 1.29 is 9.59 Å². The summed E-state index contributed by atoms with van der Waals surface area (Å²) in [5, 5.41) is 2.00. The Labute approximate surface area is 46.4 Å². The Morgan fingerprint density at radius 2 is 2.25 bits per heavy atom. The molecule has 0 fully saturated rings. The maximum Gasteiger partial charge on any atom is 0.264 e. The third-order valence-corrected chi connectivity index (χ3v) is 0.531. The first-order valence-electron chi connectivity index (χ1n) is 1.87. The second-order valence-corrected chi connectivity index (χ2v) is 1.10. The SMILES string of the molecule is C=C(NC=O)C(N)=O. The van der Waals surface area contributed by atoms with Gasteiger partial charge in [0.05, 0.1) is 5.70 Å². The number of carbonyl (C=O) groups is 2. The minimum atomic E-state index is -0.725. The van der Waals surface area contributed by atoms with E-state index in [-0.39, 0.29) is 5.70 Å². The molecule has 0 radical (unpaired) electrons. The number of nitrogens with one attached hydrogen (secondary N) is 1. The van der Waals surface area contributed by atoms with E-state index in [2.05, 4.69) is 12.3 Å². The highest BCUT2D eigenvalue weighted by Crippen LogP contribution is 1.73. The molecule has 0 saturated heterocycles. The fourth-order valence-electron chi connectivity index (χ4n) is 0.142. The summed E-state index contributed by atoms with van der Waals surface area (Å²) in [6.45, 7) is 3.13. The molecule has 0 atom stereocenters. The maximum absolute atomic E-state index is 9.99. The van der Waals surface area contributed by atoms with Crippen LogP contribution in [0.1, 0.15) is 0 Å². The first kappa shape index (κ1) is 6.68. The lowest BCUT2D eigenvalue weighted by molar-refractivity contribution is -0.116. The van der Waals surface area contributed by atoms with Crippen LogP contribution in [0.4, 0.5) is 0 Å². The topological polar surface area (TPSA) is 72.2 Å². The molecule has 0 unspecified atom stereocenters. The standard InChI is InChI=1S/C4H6N2O2/c1-3(4(5)8)6-2-7/h2H,1H2,(H2,5,8)(H,6,7). The number of carbonyl (C=O) groups excluding carboxylic acids is 2. The molecule has 4 nitrogen and oxygen atoms in total. The minimum absolute atomic E-state index is 0.0972. The van der Waals surface area contributed by atoms with Crippen LogP contribution in [0.2, 0.25) is 0 Å². The Kier molecular flexibility index (Phi) is 2.33. The summed E-state index contributed by atoms with van der Waals surface area (Å²) in [6, 6.07) is 0. The normalized spacial score (nSPS) is 7.50. The van der Waals surface area contributed by atoms with Crippen molar-refractivity contribution in [3.8, 4) is 0 Å². The van der Waals surface area contributed by atoms with Gasteiger partial charge in [-0.25, -0.2) is 0 Å². The molecule has 0 rings (SSSR count). The van der Waals surface area contributed by atoms with Crippen LogP contribution in [0.3, 0.4) is 0 Å². The van der Waals surface area contributed by atoms with Crippen molar-refractivity contribution in [3.63, 3.8) is 0 Å². The van der Waals surface area contributed by atoms with Crippen molar-refractivity contribution >= 4 is 12.3 Å². The van der Waals surface area contributed by atoms with Gasteiger partial charge in [-0.05, 0) is 0 Å². The van der Waals surface area contributed by atoms with Crippen molar-refractivity contribution in [2.24, 2.45) is 5.73 Å². The molecule has 8 heavy (non-hydrogen) atoms. The van der Waals surface area contributed by atoms with Gasteiger partial charge in [-0.1, -0.05) is 6.58 Å². The number of nitrogens with two attached hydrogens (primary N) is 1. The lowest BCUT2D eigenvalue weighted by Crippen LogP contribution is -2.23. The average molecular weight is 114 g/mol. The lowest BCUT2D eigenvalue weighted by atomic mass is 10.5. The Hall–Kier alpha value is -1.32. The van der Waals surface area contributed by atoms with Gasteiger partial charge in [-0.2, -0.15) is 0 Å². The van der Waals surface area contributed by atoms with Crippen LogP contribution in [0.15, 0.2) is 12.3 Å². The highest BCUT2D eigenvalue weighted by molar-refractivity contribution is 5.92. The monoisotopic (exact) mass is 114 g/mol. The number of amides is 2. The Balaban J connectivity index is 3.65. The highest BCUT2D eigenvalue weighted by atomic mass is 16.2. The molecule has 3 N–H and O–H groups in total. The summed E-state index contributed by atoms with van der Waals surface area (Å²) in [4.78, 5) is 19.5. The zero-order valence-electron chi connectivity index (χ0n) is 4.18. The largest absolute Gasteiger partial charge is 0.364 e. The Morgan fingerprint density at radius 1 is 1.75 bits per heavy atom. The van der Waals surface area contributed by atoms with E-state index in [0.29, 0.717) is 6.41 Å². The molecule has 4 heteroatoms. The number of primary amides is 1. The summed E-state index contributed by atoms with van der Waals surface area (Å²) in [6.07, 6.45) is 0.340. The van der Waals surface area contributed by atoms with Crippen LogP contribution < -0.4 is 11.1 Å². The zero-order chi connectivity index (χ0) is 6.57. The van der Waals surface area contributed by atoms with Crippen molar-refractivity contribution in [3.05, 3.63) is 12.3 Å². The quantitative estimate of drug-likeness (QED) is 0.354. The zero-order valence-corrected chi connectivity index (χ0v) is 4.18. The van der Waals surface area contributed by atoms with Gasteiger partial charge in [0.25, 0.3) is 5.91 Å². The second kappa shape index (κ2) is 2.79. The van der Waals surface area contributed by atoms with Crippen molar-refractivity contribution in [2.45, 2.75) is 0 Å². The molecule has 44 valence electrons. The molecule has 0 saturated carbocycles. The van der Waals surface area contributed by atoms with Crippen molar-refractivity contribution in [1.29, 1.82) is 0 Å². The van der Waals surface area contributed by atoms with Gasteiger partial charge in [-0.15, -0.1) is 0 Å². The fourth-order valence-corrected chi connectivity index (χ4v) is 0.142. The van der Waals surface area contributed by atoms with Crippen LogP contribution in [0.5, 0.6) is 0 Å². The molecule has 0 aromatic carbocycles. The van der Waals surface area contributed by atoms with E-state index in [0.717, 1.165) is 0 Å². The second-order valence-electron chi connectivity index (χ2n) is 1.10. The number of hydrogen-bond donors (Lipinski definition) is 2. The first-order valence-corrected chi connectivity index (χ1v) is 1.87. The highest BCUT2D eigenvalue weighted by Gasteiger charge is 1.95. The van der Waals surface area contributed by atoms with Gasteiger partial charge in [0.2, 0.25) is 6.41 Å². The van der Waals surface area contributed by atoms with E-state index in [9.17, 15) is 9.59 Å². The summed E-state index contributed by atoms with van der Waals surface area (Å²) in [5.41, 5.74) is 4.56. The van der Waals surface area contributed by atoms with Gasteiger partial charge in [-0.3, -0.25) is 9.59 Å². The molecule has 0 aromatic heterocycles. The summed E-state index contributed by atoms with van der Waals surface area (Å²) in [7, 11) is 0. The molecule has 0 spiro atoms. The molecule has 0 heterocycles. The molecular weight excluding hydrogens is 108 g/mol. The Morgan fingerprint density at radius 3 is 2.38 bits per heavy atom. The molecule has 0 aliphatic carbocycles. The first-order chi connectivity index (χ1) is 3.68. The van der Waals surface area contributed by atoms with Crippen molar-refractivity contribution in [2.75, 3.05) is 0 Å². The average Bonchev–Trinajstić information content (AvgIpc) is 1.67. The predicted molar refractivity (Wildman–Crippen MR) is 27.5 cm³/mol. The van der Waals surface area contributed by atoms with E-state index < -0.39 is 5.91 Å². The third-order valence-electron chi connectivity index (χ3n) is 0.531. The van der Waals surface area contributed by atoms with Crippen LogP contribution >= 0.6 is 0 Å². The Bertz CT molecular complexity index is 130. The molecular formula is C4H6N2O2. The van der Waals surface area contributed by atoms with E-state index >= 15 is 0 Å². The predicted octanol–water partition coefficient (Wildman–Crippen LogP) is -1.27. The number of rotatable bonds is 3. The summed E-state index contributed by atoms with van der Waals surface area (Å²) < 4.78 is 0. The molecule has 0 aliphatic rings. The van der Waals surface area contributed by atoms with Crippen LogP contribution in [0, 0.1) is 0 Å². The van der Waals surface area contributed by atoms with Gasteiger partial charge >= 0.3 is 0 Å². The van der Waals surface area contributed by atoms with Gasteiger partial charge in [0.1, 0.15) is 0 Å². The minimum Gasteiger partial charge on any atom is -0.364 e. The van der Waals surface area contributed by atoms with Crippen LogP contribution in [-0.4, -0.2) is 12.3 Å². The third kappa shape index (κ3) is 1.96. The molecule has 0 bridgehead atoms. The number of hydrogen-bond acceptors (Lipinski definition) is 2. The molecule has 2 amide bonds. The summed E-state index contributed by atoms with van der Waals surface area (Å²) in [5.74, 6) is -0.725. The van der Waals surface area contributed by atoms with Crippen molar-refractivity contribution in [1.82, 2.24) is 5.32 Å². The van der Waals surface area contributed by atoms with E-state index in [1.165, 1.54) is 0 Å². The van der Waals surface area contributed by atoms with E-state index in [4.69, 9.17) is 0 Å². The van der Waals surface area contributed by atoms with Gasteiger partial charge in [0.15, 0.2) is 0 Å². The summed E-state index contributed by atoms with van der Waals surface area (Å²) >= 11 is 0. The van der Waals surface area contributed by atoms with Gasteiger partial charge < -0.3 is 11.1 Å².